The Kier molecular flexibility index (Phi) is 5.34. The topological polar surface area (TPSA) is 103 Å². The molecule has 2 aromatic carbocycles. The fourth-order valence-corrected chi connectivity index (χ4v) is 5.87. The van der Waals surface area contributed by atoms with Crippen LogP contribution in [0.3, 0.4) is 0 Å². The highest BCUT2D eigenvalue weighted by Gasteiger charge is 2.73. The van der Waals surface area contributed by atoms with Gasteiger partial charge in [0.15, 0.2) is 0 Å². The van der Waals surface area contributed by atoms with Crippen LogP contribution in [0.2, 0.25) is 0 Å². The van der Waals surface area contributed by atoms with E-state index in [9.17, 15) is 22.8 Å². The van der Waals surface area contributed by atoms with Gasteiger partial charge in [0.2, 0.25) is 11.8 Å². The zero-order valence-electron chi connectivity index (χ0n) is 19.1. The smallest absolute Gasteiger partial charge is 0.417 e. The summed E-state index contributed by atoms with van der Waals surface area (Å²) in [5.41, 5.74) is -3.49. The van der Waals surface area contributed by atoms with Crippen molar-refractivity contribution >= 4 is 17.5 Å². The van der Waals surface area contributed by atoms with Crippen molar-refractivity contribution < 1.29 is 32.2 Å². The maximum atomic E-state index is 13.6. The molecule has 0 radical (unpaired) electrons. The molecule has 7 nitrogen and oxygen atoms in total. The van der Waals surface area contributed by atoms with Crippen LogP contribution in [-0.4, -0.2) is 29.6 Å². The van der Waals surface area contributed by atoms with Gasteiger partial charge in [0.1, 0.15) is 5.75 Å². The highest BCUT2D eigenvalue weighted by atomic mass is 19.4. The summed E-state index contributed by atoms with van der Waals surface area (Å²) < 4.78 is 52.7. The highest BCUT2D eigenvalue weighted by Crippen LogP contribution is 2.62. The van der Waals surface area contributed by atoms with Crippen molar-refractivity contribution in [3.63, 3.8) is 0 Å². The third-order valence-corrected chi connectivity index (χ3v) is 7.46. The van der Waals surface area contributed by atoms with E-state index in [1.54, 1.807) is 31.2 Å². The SMILES string of the molecule is C[C@]12CC[C@](CCOc3cccc(C#N)c3)(O1)C1C(=O)N(c3ccc(C#N)c(C(F)(F)F)c3)C(=O)[C@H]12. The largest absolute Gasteiger partial charge is 0.493 e. The number of halogens is 3. The second-order valence-corrected chi connectivity index (χ2v) is 9.52. The molecule has 2 amide bonds. The fourth-order valence-electron chi connectivity index (χ4n) is 5.87. The standard InChI is InChI=1S/C26H20F3N3O4/c1-24-7-8-25(36-24,9-10-35-18-4-2-3-15(11-18)13-30)21-20(24)22(33)32(23(21)34)17-6-5-16(14-31)19(12-17)26(27,28)29/h2-6,11-12,20-21H,7-10H2,1H3/t20-,21?,24+,25+/m0/s1. The molecule has 3 aliphatic heterocycles. The van der Waals surface area contributed by atoms with Gasteiger partial charge in [0.25, 0.3) is 0 Å². The predicted octanol–water partition coefficient (Wildman–Crippen LogP) is 4.34. The lowest BCUT2D eigenvalue weighted by atomic mass is 9.67. The van der Waals surface area contributed by atoms with E-state index in [-0.39, 0.29) is 18.7 Å². The van der Waals surface area contributed by atoms with Crippen molar-refractivity contribution in [2.45, 2.75) is 43.6 Å². The molecule has 36 heavy (non-hydrogen) atoms. The van der Waals surface area contributed by atoms with Gasteiger partial charge in [-0.15, -0.1) is 0 Å². The number of nitriles is 2. The average molecular weight is 495 g/mol. The first-order valence-corrected chi connectivity index (χ1v) is 11.4. The first-order valence-electron chi connectivity index (χ1n) is 11.4. The molecule has 3 heterocycles. The summed E-state index contributed by atoms with van der Waals surface area (Å²) >= 11 is 0. The maximum absolute atomic E-state index is 13.6. The minimum absolute atomic E-state index is 0.157. The Hall–Kier alpha value is -3.89. The van der Waals surface area contributed by atoms with Gasteiger partial charge in [0, 0.05) is 6.42 Å². The van der Waals surface area contributed by atoms with E-state index in [1.165, 1.54) is 12.1 Å². The molecule has 2 bridgehead atoms. The van der Waals surface area contributed by atoms with Gasteiger partial charge < -0.3 is 9.47 Å². The number of ether oxygens (including phenoxy) is 2. The quantitative estimate of drug-likeness (QED) is 0.572. The molecular weight excluding hydrogens is 475 g/mol. The number of hydrogen-bond donors (Lipinski definition) is 0. The first kappa shape index (κ1) is 23.8. The molecule has 10 heteroatoms. The minimum Gasteiger partial charge on any atom is -0.493 e. The van der Waals surface area contributed by atoms with Crippen LogP contribution in [0.25, 0.3) is 0 Å². The lowest BCUT2D eigenvalue weighted by Gasteiger charge is -2.31. The first-order chi connectivity index (χ1) is 17.0. The van der Waals surface area contributed by atoms with Gasteiger partial charge in [-0.1, -0.05) is 6.07 Å². The van der Waals surface area contributed by atoms with Crippen molar-refractivity contribution in [1.29, 1.82) is 10.5 Å². The Morgan fingerprint density at radius 1 is 1.08 bits per heavy atom. The molecular formula is C26H20F3N3O4. The van der Waals surface area contributed by atoms with E-state index in [0.717, 1.165) is 11.0 Å². The second kappa shape index (κ2) is 8.07. The van der Waals surface area contributed by atoms with Gasteiger partial charge in [0.05, 0.1) is 64.2 Å². The van der Waals surface area contributed by atoms with Crippen molar-refractivity contribution in [1.82, 2.24) is 0 Å². The molecule has 0 N–H and O–H groups in total. The number of carbonyl (C=O) groups is 2. The number of imide groups is 1. The van der Waals surface area contributed by atoms with Crippen LogP contribution >= 0.6 is 0 Å². The van der Waals surface area contributed by atoms with E-state index in [4.69, 9.17) is 20.0 Å². The van der Waals surface area contributed by atoms with E-state index in [2.05, 4.69) is 0 Å². The fraction of sp³-hybridized carbons (Fsp3) is 0.385. The molecule has 0 aliphatic carbocycles. The van der Waals surface area contributed by atoms with Crippen molar-refractivity contribution in [3.8, 4) is 17.9 Å². The Morgan fingerprint density at radius 3 is 2.53 bits per heavy atom. The van der Waals surface area contributed by atoms with Crippen molar-refractivity contribution in [2.24, 2.45) is 11.8 Å². The van der Waals surface area contributed by atoms with Crippen LogP contribution in [0.15, 0.2) is 42.5 Å². The van der Waals surface area contributed by atoms with Crippen LogP contribution < -0.4 is 9.64 Å². The molecule has 0 aromatic heterocycles. The zero-order chi connectivity index (χ0) is 25.9. The monoisotopic (exact) mass is 495 g/mol. The lowest BCUT2D eigenvalue weighted by Crippen LogP contribution is -2.43. The molecule has 1 unspecified atom stereocenters. The maximum Gasteiger partial charge on any atom is 0.417 e. The third-order valence-electron chi connectivity index (χ3n) is 7.46. The Morgan fingerprint density at radius 2 is 1.83 bits per heavy atom. The van der Waals surface area contributed by atoms with Gasteiger partial charge >= 0.3 is 6.18 Å². The second-order valence-electron chi connectivity index (χ2n) is 9.52. The number of amides is 2. The summed E-state index contributed by atoms with van der Waals surface area (Å²) in [5.74, 6) is -2.42. The summed E-state index contributed by atoms with van der Waals surface area (Å²) in [5, 5.41) is 18.1. The molecule has 184 valence electrons. The number of rotatable bonds is 5. The van der Waals surface area contributed by atoms with E-state index < -0.39 is 52.2 Å². The summed E-state index contributed by atoms with van der Waals surface area (Å²) in [6, 6.07) is 13.0. The molecule has 4 atom stereocenters. The Balaban J connectivity index is 1.43. The van der Waals surface area contributed by atoms with E-state index in [1.807, 2.05) is 6.07 Å². The van der Waals surface area contributed by atoms with Crippen molar-refractivity contribution in [3.05, 3.63) is 59.2 Å². The van der Waals surface area contributed by atoms with Crippen molar-refractivity contribution in [2.75, 3.05) is 11.5 Å². The van der Waals surface area contributed by atoms with Crippen LogP contribution in [0, 0.1) is 34.5 Å². The van der Waals surface area contributed by atoms with Crippen LogP contribution in [-0.2, 0) is 20.5 Å². The summed E-state index contributed by atoms with van der Waals surface area (Å²) in [4.78, 5) is 27.8. The van der Waals surface area contributed by atoms with E-state index in [0.29, 0.717) is 30.2 Å². The van der Waals surface area contributed by atoms with Crippen LogP contribution in [0.5, 0.6) is 5.75 Å². The molecule has 0 spiro atoms. The van der Waals surface area contributed by atoms with Gasteiger partial charge in [-0.25, -0.2) is 4.90 Å². The Labute approximate surface area is 204 Å². The normalized spacial score (nSPS) is 28.7. The number of carbonyl (C=O) groups excluding carboxylic acids is 2. The molecule has 3 fully saturated rings. The lowest BCUT2D eigenvalue weighted by molar-refractivity contribution is -0.138. The average Bonchev–Trinajstić information content (AvgIpc) is 3.42. The van der Waals surface area contributed by atoms with Gasteiger partial charge in [-0.3, -0.25) is 9.59 Å². The number of nitrogens with zero attached hydrogens (tertiary/aromatic N) is 3. The number of alkyl halides is 3. The molecule has 5 rings (SSSR count). The third kappa shape index (κ3) is 3.52. The van der Waals surface area contributed by atoms with Crippen LogP contribution in [0.4, 0.5) is 18.9 Å². The minimum atomic E-state index is -4.82. The van der Waals surface area contributed by atoms with Gasteiger partial charge in [-0.05, 0) is 56.2 Å². The number of hydrogen-bond acceptors (Lipinski definition) is 6. The molecule has 3 saturated heterocycles. The Bertz CT molecular complexity index is 1360. The summed E-state index contributed by atoms with van der Waals surface area (Å²) in [6.07, 6.45) is -3.51. The predicted molar refractivity (Wildman–Crippen MR) is 118 cm³/mol. The summed E-state index contributed by atoms with van der Waals surface area (Å²) in [7, 11) is 0. The number of anilines is 1. The zero-order valence-corrected chi connectivity index (χ0v) is 19.1. The highest BCUT2D eigenvalue weighted by molar-refractivity contribution is 6.23. The van der Waals surface area contributed by atoms with Gasteiger partial charge in [-0.2, -0.15) is 23.7 Å². The van der Waals surface area contributed by atoms with Crippen LogP contribution in [0.1, 0.15) is 42.9 Å². The van der Waals surface area contributed by atoms with E-state index >= 15 is 0 Å². The number of fused-ring (bicyclic) bond motifs is 5. The molecule has 3 aliphatic rings. The molecule has 0 saturated carbocycles. The molecule has 2 aromatic rings. The number of benzene rings is 2. The summed E-state index contributed by atoms with van der Waals surface area (Å²) in [6.45, 7) is 1.91.